The number of Topliss-reactive ketones (excluding diaryl/α,β-unsaturated/α-hetero) is 1. The number of hydrogen-bond donors (Lipinski definition) is 2. The van der Waals surface area contributed by atoms with Gasteiger partial charge in [0.05, 0.1) is 5.75 Å². The van der Waals surface area contributed by atoms with Crippen LogP contribution < -0.4 is 11.1 Å². The summed E-state index contributed by atoms with van der Waals surface area (Å²) in [6.07, 6.45) is 0. The molecule has 0 atom stereocenters. The molecule has 0 saturated carbocycles. The summed E-state index contributed by atoms with van der Waals surface area (Å²) in [5.41, 5.74) is 6.76. The number of hydrogen-bond acceptors (Lipinski definition) is 7. The van der Waals surface area contributed by atoms with Crippen molar-refractivity contribution in [2.75, 3.05) is 16.8 Å². The van der Waals surface area contributed by atoms with E-state index in [1.165, 1.54) is 23.1 Å². The van der Waals surface area contributed by atoms with Gasteiger partial charge in [-0.2, -0.15) is 0 Å². The third-order valence-electron chi connectivity index (χ3n) is 2.75. The molecule has 0 bridgehead atoms. The Morgan fingerprint density at radius 2 is 1.95 bits per heavy atom. The highest BCUT2D eigenvalue weighted by Crippen LogP contribution is 2.24. The third-order valence-corrected chi connectivity index (χ3v) is 4.63. The fourth-order valence-corrected chi connectivity index (χ4v) is 3.05. The number of nitrogen functional groups attached to an aromatic ring is 1. The van der Waals surface area contributed by atoms with Gasteiger partial charge in [0.1, 0.15) is 0 Å². The minimum atomic E-state index is -0.0861. The Balaban J connectivity index is 1.92. The standard InChI is InChI=1S/C14H16N4O2S2/c1-8(2)12(20)16-10-5-3-9(4-6-10)11(19)7-21-14-18-17-13(15)22-14/h3-6,8H,7H2,1-2H3,(H2,15,17)(H,16,20). The molecule has 0 aliphatic heterocycles. The number of benzene rings is 1. The average molecular weight is 336 g/mol. The first-order valence-corrected chi connectivity index (χ1v) is 8.42. The summed E-state index contributed by atoms with van der Waals surface area (Å²) >= 11 is 2.56. The second-order valence-corrected chi connectivity index (χ2v) is 7.07. The number of nitrogens with one attached hydrogen (secondary N) is 1. The summed E-state index contributed by atoms with van der Waals surface area (Å²) in [5.74, 6) is 0.118. The lowest BCUT2D eigenvalue weighted by molar-refractivity contribution is -0.118. The summed E-state index contributed by atoms with van der Waals surface area (Å²) in [5, 5.41) is 10.7. The van der Waals surface area contributed by atoms with Crippen LogP contribution in [0.2, 0.25) is 0 Å². The van der Waals surface area contributed by atoms with E-state index in [1.54, 1.807) is 24.3 Å². The first-order valence-electron chi connectivity index (χ1n) is 6.61. The molecule has 0 fully saturated rings. The summed E-state index contributed by atoms with van der Waals surface area (Å²) in [7, 11) is 0. The van der Waals surface area contributed by atoms with Crippen LogP contribution in [-0.4, -0.2) is 27.6 Å². The van der Waals surface area contributed by atoms with Crippen LogP contribution >= 0.6 is 23.1 Å². The molecule has 1 aromatic carbocycles. The zero-order valence-electron chi connectivity index (χ0n) is 12.2. The highest BCUT2D eigenvalue weighted by Gasteiger charge is 2.11. The van der Waals surface area contributed by atoms with Crippen molar-refractivity contribution in [1.82, 2.24) is 10.2 Å². The summed E-state index contributed by atoms with van der Waals surface area (Å²) in [6, 6.07) is 6.85. The molecule has 0 aliphatic rings. The molecule has 1 aromatic heterocycles. The topological polar surface area (TPSA) is 98.0 Å². The summed E-state index contributed by atoms with van der Waals surface area (Å²) in [6.45, 7) is 3.65. The molecule has 116 valence electrons. The SMILES string of the molecule is CC(C)C(=O)Nc1ccc(C(=O)CSc2nnc(N)s2)cc1. The second kappa shape index (κ2) is 7.37. The fraction of sp³-hybridized carbons (Fsp3) is 0.286. The smallest absolute Gasteiger partial charge is 0.226 e. The number of aromatic nitrogens is 2. The number of anilines is 2. The molecule has 2 rings (SSSR count). The van der Waals surface area contributed by atoms with Gasteiger partial charge >= 0.3 is 0 Å². The van der Waals surface area contributed by atoms with Gasteiger partial charge < -0.3 is 11.1 Å². The molecule has 0 radical (unpaired) electrons. The van der Waals surface area contributed by atoms with Gasteiger partial charge in [0.2, 0.25) is 11.0 Å². The first-order chi connectivity index (χ1) is 10.5. The number of amides is 1. The van der Waals surface area contributed by atoms with E-state index in [-0.39, 0.29) is 23.4 Å². The van der Waals surface area contributed by atoms with Crippen molar-refractivity contribution in [3.8, 4) is 0 Å². The Labute approximate surface area is 136 Å². The minimum Gasteiger partial charge on any atom is -0.374 e. The second-order valence-electron chi connectivity index (χ2n) is 4.84. The lowest BCUT2D eigenvalue weighted by Gasteiger charge is -2.08. The summed E-state index contributed by atoms with van der Waals surface area (Å²) in [4.78, 5) is 23.7. The predicted octanol–water partition coefficient (Wildman–Crippen LogP) is 2.69. The van der Waals surface area contributed by atoms with Crippen LogP contribution in [0.5, 0.6) is 0 Å². The predicted molar refractivity (Wildman–Crippen MR) is 89.3 cm³/mol. The average Bonchev–Trinajstić information content (AvgIpc) is 2.91. The number of thioether (sulfide) groups is 1. The first kappa shape index (κ1) is 16.4. The monoisotopic (exact) mass is 336 g/mol. The number of carbonyl (C=O) groups is 2. The molecule has 1 amide bonds. The third kappa shape index (κ3) is 4.54. The molecule has 2 aromatic rings. The van der Waals surface area contributed by atoms with Crippen molar-refractivity contribution in [2.45, 2.75) is 18.2 Å². The van der Waals surface area contributed by atoms with Crippen molar-refractivity contribution in [3.05, 3.63) is 29.8 Å². The van der Waals surface area contributed by atoms with Crippen LogP contribution in [-0.2, 0) is 4.79 Å². The molecule has 3 N–H and O–H groups in total. The molecule has 0 unspecified atom stereocenters. The van der Waals surface area contributed by atoms with Crippen LogP contribution in [0.15, 0.2) is 28.6 Å². The normalized spacial score (nSPS) is 10.7. The van der Waals surface area contributed by atoms with Gasteiger partial charge in [0.25, 0.3) is 0 Å². The molecule has 8 heteroatoms. The van der Waals surface area contributed by atoms with Gasteiger partial charge in [-0.3, -0.25) is 9.59 Å². The Bertz CT molecular complexity index is 668. The van der Waals surface area contributed by atoms with Crippen molar-refractivity contribution in [1.29, 1.82) is 0 Å². The highest BCUT2D eigenvalue weighted by molar-refractivity contribution is 8.01. The van der Waals surface area contributed by atoms with E-state index in [0.29, 0.717) is 20.7 Å². The Kier molecular flexibility index (Phi) is 5.51. The Morgan fingerprint density at radius 3 is 2.50 bits per heavy atom. The zero-order chi connectivity index (χ0) is 16.1. The van der Waals surface area contributed by atoms with Gasteiger partial charge in [-0.15, -0.1) is 10.2 Å². The maximum absolute atomic E-state index is 12.1. The maximum Gasteiger partial charge on any atom is 0.226 e. The Morgan fingerprint density at radius 1 is 1.27 bits per heavy atom. The Hall–Kier alpha value is -1.93. The van der Waals surface area contributed by atoms with Gasteiger partial charge in [0, 0.05) is 17.2 Å². The van der Waals surface area contributed by atoms with Crippen molar-refractivity contribution >= 4 is 45.6 Å². The van der Waals surface area contributed by atoms with E-state index in [1.807, 2.05) is 13.8 Å². The van der Waals surface area contributed by atoms with Crippen molar-refractivity contribution < 1.29 is 9.59 Å². The van der Waals surface area contributed by atoms with Crippen molar-refractivity contribution in [3.63, 3.8) is 0 Å². The number of ketones is 1. The molecule has 0 spiro atoms. The minimum absolute atomic E-state index is 0.0134. The van der Waals surface area contributed by atoms with E-state index in [4.69, 9.17) is 5.73 Å². The van der Waals surface area contributed by atoms with Crippen LogP contribution in [0.25, 0.3) is 0 Å². The molecule has 1 heterocycles. The molecule has 0 saturated heterocycles. The molecule has 0 aliphatic carbocycles. The number of carbonyl (C=O) groups excluding carboxylic acids is 2. The number of nitrogens with zero attached hydrogens (tertiary/aromatic N) is 2. The molecular weight excluding hydrogens is 320 g/mol. The number of rotatable bonds is 6. The molecular formula is C14H16N4O2S2. The number of nitrogens with two attached hydrogens (primary N) is 1. The van der Waals surface area contributed by atoms with E-state index in [0.717, 1.165) is 0 Å². The lowest BCUT2D eigenvalue weighted by Crippen LogP contribution is -2.17. The summed E-state index contributed by atoms with van der Waals surface area (Å²) < 4.78 is 0.673. The quantitative estimate of drug-likeness (QED) is 0.622. The van der Waals surface area contributed by atoms with Gasteiger partial charge in [0.15, 0.2) is 10.1 Å². The van der Waals surface area contributed by atoms with Gasteiger partial charge in [-0.1, -0.05) is 36.9 Å². The van der Waals surface area contributed by atoms with Gasteiger partial charge in [-0.25, -0.2) is 0 Å². The zero-order valence-corrected chi connectivity index (χ0v) is 13.8. The molecule has 6 nitrogen and oxygen atoms in total. The van der Waals surface area contributed by atoms with Crippen LogP contribution in [0, 0.1) is 5.92 Å². The lowest BCUT2D eigenvalue weighted by atomic mass is 10.1. The van der Waals surface area contributed by atoms with Gasteiger partial charge in [-0.05, 0) is 24.3 Å². The van der Waals surface area contributed by atoms with E-state index >= 15 is 0 Å². The van der Waals surface area contributed by atoms with Crippen molar-refractivity contribution in [2.24, 2.45) is 5.92 Å². The fourth-order valence-electron chi connectivity index (χ4n) is 1.52. The van der Waals surface area contributed by atoms with E-state index in [2.05, 4.69) is 15.5 Å². The van der Waals surface area contributed by atoms with Crippen LogP contribution in [0.3, 0.4) is 0 Å². The maximum atomic E-state index is 12.1. The van der Waals surface area contributed by atoms with E-state index in [9.17, 15) is 9.59 Å². The molecule has 22 heavy (non-hydrogen) atoms. The van der Waals surface area contributed by atoms with Crippen LogP contribution in [0.1, 0.15) is 24.2 Å². The van der Waals surface area contributed by atoms with E-state index < -0.39 is 0 Å². The highest BCUT2D eigenvalue weighted by atomic mass is 32.2. The largest absolute Gasteiger partial charge is 0.374 e. The van der Waals surface area contributed by atoms with Crippen LogP contribution in [0.4, 0.5) is 10.8 Å².